The molecular formula is C20H25N5OS. The number of nitrogens with one attached hydrogen (secondary N) is 1. The number of nitrogens with zero attached hydrogens (tertiary/aromatic N) is 4. The zero-order valence-corrected chi connectivity index (χ0v) is 16.4. The van der Waals surface area contributed by atoms with Gasteiger partial charge in [-0.05, 0) is 29.3 Å². The van der Waals surface area contributed by atoms with Gasteiger partial charge in [0.05, 0.1) is 12.2 Å². The Morgan fingerprint density at radius 3 is 2.85 bits per heavy atom. The minimum Gasteiger partial charge on any atom is -0.364 e. The quantitative estimate of drug-likeness (QED) is 0.542. The molecule has 142 valence electrons. The van der Waals surface area contributed by atoms with Crippen molar-refractivity contribution in [3.05, 3.63) is 53.2 Å². The third-order valence-corrected chi connectivity index (χ3v) is 5.86. The molecule has 6 nitrogen and oxygen atoms in total. The molecule has 1 N–H and O–H groups in total. The first kappa shape index (κ1) is 18.0. The van der Waals surface area contributed by atoms with Crippen LogP contribution in [0.3, 0.4) is 0 Å². The van der Waals surface area contributed by atoms with Crippen LogP contribution in [0.2, 0.25) is 0 Å². The van der Waals surface area contributed by atoms with E-state index in [1.807, 2.05) is 6.07 Å². The van der Waals surface area contributed by atoms with Crippen LogP contribution in [0.1, 0.15) is 18.2 Å². The van der Waals surface area contributed by atoms with Gasteiger partial charge >= 0.3 is 0 Å². The number of aromatic nitrogens is 1. The van der Waals surface area contributed by atoms with Gasteiger partial charge in [-0.2, -0.15) is 0 Å². The van der Waals surface area contributed by atoms with E-state index in [0.29, 0.717) is 6.54 Å². The Morgan fingerprint density at radius 2 is 2.07 bits per heavy atom. The number of thiophene rings is 1. The molecule has 2 aromatic heterocycles. The van der Waals surface area contributed by atoms with Gasteiger partial charge in [-0.3, -0.25) is 4.90 Å². The lowest BCUT2D eigenvalue weighted by Gasteiger charge is -2.36. The molecule has 0 saturated carbocycles. The molecule has 0 amide bonds. The van der Waals surface area contributed by atoms with Crippen LogP contribution in [0, 0.1) is 0 Å². The van der Waals surface area contributed by atoms with Crippen LogP contribution in [0.5, 0.6) is 0 Å². The Hall–Kier alpha value is -2.38. The van der Waals surface area contributed by atoms with Crippen LogP contribution in [0.4, 0.5) is 0 Å². The Balaban J connectivity index is 1.39. The van der Waals surface area contributed by atoms with E-state index in [1.165, 1.54) is 15.6 Å². The van der Waals surface area contributed by atoms with Gasteiger partial charge < -0.3 is 14.7 Å². The molecule has 0 bridgehead atoms. The van der Waals surface area contributed by atoms with Gasteiger partial charge in [0.1, 0.15) is 6.26 Å². The fraction of sp³-hybridized carbons (Fsp3) is 0.400. The molecule has 4 rings (SSSR count). The number of piperazine rings is 1. The molecule has 1 fully saturated rings. The molecule has 0 atom stereocenters. The van der Waals surface area contributed by atoms with Crippen molar-refractivity contribution < 1.29 is 4.52 Å². The highest BCUT2D eigenvalue weighted by Crippen LogP contribution is 2.26. The van der Waals surface area contributed by atoms with E-state index >= 15 is 0 Å². The summed E-state index contributed by atoms with van der Waals surface area (Å²) in [5, 5.41) is 11.0. The SMILES string of the molecule is CCNC(=NCc1csc2ccccc12)N1CCN(Cc2ccon2)CC1. The summed E-state index contributed by atoms with van der Waals surface area (Å²) in [6.07, 6.45) is 1.63. The number of hydrogen-bond donors (Lipinski definition) is 1. The highest BCUT2D eigenvalue weighted by molar-refractivity contribution is 7.17. The summed E-state index contributed by atoms with van der Waals surface area (Å²) >= 11 is 1.79. The first-order valence-corrected chi connectivity index (χ1v) is 10.3. The Labute approximate surface area is 163 Å². The summed E-state index contributed by atoms with van der Waals surface area (Å²) in [6, 6.07) is 10.5. The van der Waals surface area contributed by atoms with Crippen molar-refractivity contribution in [2.45, 2.75) is 20.0 Å². The molecule has 1 aliphatic heterocycles. The lowest BCUT2D eigenvalue weighted by atomic mass is 10.2. The van der Waals surface area contributed by atoms with Gasteiger partial charge in [0.15, 0.2) is 5.96 Å². The minimum absolute atomic E-state index is 0.714. The number of aliphatic imine (C=N–C) groups is 1. The monoisotopic (exact) mass is 383 g/mol. The van der Waals surface area contributed by atoms with Crippen molar-refractivity contribution in [3.8, 4) is 0 Å². The van der Waals surface area contributed by atoms with Crippen LogP contribution in [-0.2, 0) is 13.1 Å². The first-order valence-electron chi connectivity index (χ1n) is 9.43. The third kappa shape index (κ3) is 4.31. The summed E-state index contributed by atoms with van der Waals surface area (Å²) in [6.45, 7) is 8.49. The summed E-state index contributed by atoms with van der Waals surface area (Å²) in [5.74, 6) is 1.01. The van der Waals surface area contributed by atoms with E-state index in [1.54, 1.807) is 17.6 Å². The van der Waals surface area contributed by atoms with Gasteiger partial charge in [-0.15, -0.1) is 11.3 Å². The number of guanidine groups is 1. The highest BCUT2D eigenvalue weighted by atomic mass is 32.1. The van der Waals surface area contributed by atoms with Crippen molar-refractivity contribution >= 4 is 27.4 Å². The fourth-order valence-corrected chi connectivity index (χ4v) is 4.36. The summed E-state index contributed by atoms with van der Waals surface area (Å²) in [4.78, 5) is 9.69. The van der Waals surface area contributed by atoms with Gasteiger partial charge in [-0.1, -0.05) is 23.4 Å². The van der Waals surface area contributed by atoms with Crippen molar-refractivity contribution in [2.75, 3.05) is 32.7 Å². The average molecular weight is 384 g/mol. The second-order valence-corrected chi connectivity index (χ2v) is 7.59. The highest BCUT2D eigenvalue weighted by Gasteiger charge is 2.20. The van der Waals surface area contributed by atoms with Crippen LogP contribution < -0.4 is 5.32 Å². The van der Waals surface area contributed by atoms with Crippen molar-refractivity contribution in [1.29, 1.82) is 0 Å². The predicted octanol–water partition coefficient (Wildman–Crippen LogP) is 3.17. The van der Waals surface area contributed by atoms with E-state index in [-0.39, 0.29) is 0 Å². The second-order valence-electron chi connectivity index (χ2n) is 6.68. The van der Waals surface area contributed by atoms with Gasteiger partial charge in [0.25, 0.3) is 0 Å². The largest absolute Gasteiger partial charge is 0.364 e. The Bertz CT molecular complexity index is 881. The van der Waals surface area contributed by atoms with Crippen LogP contribution in [-0.4, -0.2) is 53.6 Å². The maximum absolute atomic E-state index is 4.93. The molecule has 0 spiro atoms. The summed E-state index contributed by atoms with van der Waals surface area (Å²) < 4.78 is 6.26. The predicted molar refractivity (Wildman–Crippen MR) is 110 cm³/mol. The molecule has 1 aromatic carbocycles. The van der Waals surface area contributed by atoms with E-state index in [9.17, 15) is 0 Å². The molecule has 0 radical (unpaired) electrons. The van der Waals surface area contributed by atoms with E-state index in [0.717, 1.165) is 50.9 Å². The van der Waals surface area contributed by atoms with Crippen molar-refractivity contribution in [3.63, 3.8) is 0 Å². The molecule has 7 heteroatoms. The molecule has 1 saturated heterocycles. The Kier molecular flexibility index (Phi) is 5.69. The zero-order valence-electron chi connectivity index (χ0n) is 15.6. The number of fused-ring (bicyclic) bond motifs is 1. The molecule has 3 aromatic rings. The van der Waals surface area contributed by atoms with E-state index in [2.05, 4.69) is 56.8 Å². The standard InChI is InChI=1S/C20H25N5OS/c1-2-21-20(22-13-16-15-27-19-6-4-3-5-18(16)19)25-10-8-24(9-11-25)14-17-7-12-26-23-17/h3-7,12,15H,2,8-11,13-14H2,1H3,(H,21,22). The smallest absolute Gasteiger partial charge is 0.194 e. The molecule has 0 unspecified atom stereocenters. The Morgan fingerprint density at radius 1 is 1.22 bits per heavy atom. The lowest BCUT2D eigenvalue weighted by molar-refractivity contribution is 0.169. The molecule has 1 aliphatic rings. The molecule has 3 heterocycles. The summed E-state index contributed by atoms with van der Waals surface area (Å²) in [7, 11) is 0. The second kappa shape index (κ2) is 8.54. The van der Waals surface area contributed by atoms with Gasteiger partial charge in [-0.25, -0.2) is 4.99 Å². The van der Waals surface area contributed by atoms with Crippen LogP contribution >= 0.6 is 11.3 Å². The third-order valence-electron chi connectivity index (χ3n) is 4.84. The maximum atomic E-state index is 4.93. The summed E-state index contributed by atoms with van der Waals surface area (Å²) in [5.41, 5.74) is 2.30. The average Bonchev–Trinajstić information content (AvgIpc) is 3.36. The van der Waals surface area contributed by atoms with E-state index < -0.39 is 0 Å². The lowest BCUT2D eigenvalue weighted by Crippen LogP contribution is -2.52. The maximum Gasteiger partial charge on any atom is 0.194 e. The van der Waals surface area contributed by atoms with Gasteiger partial charge in [0.2, 0.25) is 0 Å². The van der Waals surface area contributed by atoms with E-state index in [4.69, 9.17) is 9.52 Å². The van der Waals surface area contributed by atoms with Crippen LogP contribution in [0.25, 0.3) is 10.1 Å². The normalized spacial score (nSPS) is 16.2. The topological polar surface area (TPSA) is 56.9 Å². The molecule has 0 aliphatic carbocycles. The zero-order chi connectivity index (χ0) is 18.5. The van der Waals surface area contributed by atoms with Crippen molar-refractivity contribution in [2.24, 2.45) is 4.99 Å². The fourth-order valence-electron chi connectivity index (χ4n) is 3.41. The number of rotatable bonds is 5. The number of hydrogen-bond acceptors (Lipinski definition) is 5. The first-order chi connectivity index (χ1) is 13.3. The van der Waals surface area contributed by atoms with Crippen molar-refractivity contribution in [1.82, 2.24) is 20.3 Å². The van der Waals surface area contributed by atoms with Gasteiger partial charge in [0, 0.05) is 50.0 Å². The molecule has 27 heavy (non-hydrogen) atoms. The minimum atomic E-state index is 0.714. The number of benzene rings is 1. The van der Waals surface area contributed by atoms with Crippen LogP contribution in [0.15, 0.2) is 51.5 Å². The molecular weight excluding hydrogens is 358 g/mol.